The van der Waals surface area contributed by atoms with Gasteiger partial charge in [-0.15, -0.1) is 0 Å². The number of phenolic OH excluding ortho intramolecular Hbond substituents is 1. The van der Waals surface area contributed by atoms with E-state index in [1.165, 1.54) is 120 Å². The third-order valence-corrected chi connectivity index (χ3v) is 6.39. The monoisotopic (exact) mass is 526 g/mol. The van der Waals surface area contributed by atoms with Crippen molar-refractivity contribution in [3.8, 4) is 11.5 Å². The van der Waals surface area contributed by atoms with E-state index in [0.29, 0.717) is 5.75 Å². The van der Waals surface area contributed by atoms with Crippen molar-refractivity contribution in [3.05, 3.63) is 59.7 Å². The molecule has 0 saturated carbocycles. The van der Waals surface area contributed by atoms with Crippen LogP contribution in [0.1, 0.15) is 128 Å². The van der Waals surface area contributed by atoms with E-state index in [4.69, 9.17) is 10.2 Å². The number of carboxylic acid groups (broad SMARTS) is 1. The average molecular weight is 527 g/mol. The quantitative estimate of drug-likeness (QED) is 0.134. The van der Waals surface area contributed by atoms with Gasteiger partial charge in [0.25, 0.3) is 0 Å². The first-order chi connectivity index (χ1) is 17.0. The molecule has 5 heteroatoms. The number of carbonyl (C=O) groups is 1. The predicted octanol–water partition coefficient (Wildman–Crippen LogP) is 9.13. The van der Waals surface area contributed by atoms with Gasteiger partial charge >= 0.3 is 43.7 Å². The number of rotatable bonds is 18. The number of aryl methyl sites for hydroxylation is 1. The van der Waals surface area contributed by atoms with Gasteiger partial charge in [0.05, 0.1) is 0 Å². The third kappa shape index (κ3) is 19.0. The molecule has 0 saturated heterocycles. The summed E-state index contributed by atoms with van der Waals surface area (Å²) in [6.45, 7) is 2.29. The van der Waals surface area contributed by atoms with E-state index in [0.717, 1.165) is 6.42 Å². The first kappa shape index (κ1) is 34.8. The van der Waals surface area contributed by atoms with Crippen LogP contribution in [0.5, 0.6) is 11.5 Å². The normalized spacial score (nSPS) is 10.2. The predicted molar refractivity (Wildman–Crippen MR) is 154 cm³/mol. The van der Waals surface area contributed by atoms with E-state index in [1.54, 1.807) is 24.3 Å². The van der Waals surface area contributed by atoms with Gasteiger partial charge in [0.2, 0.25) is 0 Å². The van der Waals surface area contributed by atoms with Gasteiger partial charge in [0.1, 0.15) is 17.1 Å². The molecule has 0 atom stereocenters. The summed E-state index contributed by atoms with van der Waals surface area (Å²) in [5.41, 5.74) is 1.28. The Bertz CT molecular complexity index is 788. The van der Waals surface area contributed by atoms with Gasteiger partial charge in [-0.05, 0) is 42.7 Å². The fourth-order valence-corrected chi connectivity index (χ4v) is 4.19. The summed E-state index contributed by atoms with van der Waals surface area (Å²) in [5, 5.41) is 26.6. The molecule has 0 aliphatic heterocycles. The van der Waals surface area contributed by atoms with E-state index >= 15 is 0 Å². The molecule has 2 rings (SSSR count). The summed E-state index contributed by atoms with van der Waals surface area (Å²) in [5.74, 6) is -0.941. The van der Waals surface area contributed by atoms with Crippen LogP contribution in [0.15, 0.2) is 48.5 Å². The molecule has 2 aromatic carbocycles. The van der Waals surface area contributed by atoms with Gasteiger partial charge in [-0.2, -0.15) is 0 Å². The van der Waals surface area contributed by atoms with Gasteiger partial charge in [-0.25, -0.2) is 4.79 Å². The van der Waals surface area contributed by atoms with Crippen LogP contribution in [0.2, 0.25) is 0 Å². The zero-order chi connectivity index (χ0) is 25.6. The maximum Gasteiger partial charge on any atom is 2.00 e. The maximum atomic E-state index is 10.3. The number of unbranched alkanes of at least 4 members (excludes halogenated alkanes) is 15. The average Bonchev–Trinajstić information content (AvgIpc) is 2.85. The smallest absolute Gasteiger partial charge is 1.00 e. The van der Waals surface area contributed by atoms with Crippen LogP contribution >= 0.6 is 0 Å². The molecule has 200 valence electrons. The summed E-state index contributed by atoms with van der Waals surface area (Å²) in [4.78, 5) is 10.3. The van der Waals surface area contributed by atoms with Gasteiger partial charge in [-0.1, -0.05) is 128 Å². The fourth-order valence-electron chi connectivity index (χ4n) is 4.19. The van der Waals surface area contributed by atoms with Crippen molar-refractivity contribution in [2.75, 3.05) is 0 Å². The zero-order valence-corrected chi connectivity index (χ0v) is 24.8. The number of benzene rings is 2. The van der Waals surface area contributed by atoms with Crippen LogP contribution in [-0.4, -0.2) is 59.0 Å². The summed E-state index contributed by atoms with van der Waals surface area (Å²) in [7, 11) is 0. The van der Waals surface area contributed by atoms with E-state index in [1.807, 2.05) is 12.1 Å². The molecule has 0 radical (unpaired) electrons. The second kappa shape index (κ2) is 24.1. The van der Waals surface area contributed by atoms with Crippen molar-refractivity contribution in [1.82, 2.24) is 0 Å². The molecule has 0 bridgehead atoms. The molecule has 4 nitrogen and oxygen atoms in total. The van der Waals surface area contributed by atoms with Crippen LogP contribution < -0.4 is 0 Å². The van der Waals surface area contributed by atoms with Crippen molar-refractivity contribution >= 4 is 43.7 Å². The van der Waals surface area contributed by atoms with Crippen molar-refractivity contribution < 1.29 is 23.0 Å². The van der Waals surface area contributed by atoms with Crippen LogP contribution in [0.25, 0.3) is 0 Å². The second-order valence-electron chi connectivity index (χ2n) is 9.54. The summed E-state index contributed by atoms with van der Waals surface area (Å²) in [6, 6.07) is 13.5. The fraction of sp³-hybridized carbons (Fsp3) is 0.581. The standard InChI is InChI=1S/C24H42O.C7H6O3.Ca.2H/c1-2-3-4-5-6-7-8-9-10-11-12-13-14-15-16-17-18-23-19-21-24(25)22-20-23;8-6-4-2-1-3-5(6)7(9)10;;;/h19-22,25H,2-18H2,1H3;1-4,8H,(H,9,10);;;/q;;+2;2*-1. The Hall–Kier alpha value is -1.23. The molecule has 0 aliphatic carbocycles. The van der Waals surface area contributed by atoms with Crippen LogP contribution in [-0.2, 0) is 6.42 Å². The molecule has 0 heterocycles. The molecular weight excluding hydrogens is 476 g/mol. The number of carboxylic acids is 1. The number of aromatic carboxylic acids is 1. The topological polar surface area (TPSA) is 77.8 Å². The van der Waals surface area contributed by atoms with E-state index in [9.17, 15) is 9.90 Å². The summed E-state index contributed by atoms with van der Waals surface area (Å²) in [6.07, 6.45) is 23.9. The van der Waals surface area contributed by atoms with Crippen molar-refractivity contribution in [2.24, 2.45) is 0 Å². The Morgan fingerprint density at radius 3 is 1.44 bits per heavy atom. The van der Waals surface area contributed by atoms with Crippen LogP contribution in [0.3, 0.4) is 0 Å². The van der Waals surface area contributed by atoms with Crippen molar-refractivity contribution in [1.29, 1.82) is 0 Å². The van der Waals surface area contributed by atoms with Crippen molar-refractivity contribution in [3.63, 3.8) is 0 Å². The Labute approximate surface area is 252 Å². The van der Waals surface area contributed by atoms with Crippen LogP contribution in [0, 0.1) is 0 Å². The molecular formula is C31H50CaO4. The molecule has 0 unspecified atom stereocenters. The van der Waals surface area contributed by atoms with E-state index < -0.39 is 5.97 Å². The first-order valence-electron chi connectivity index (χ1n) is 13.8. The van der Waals surface area contributed by atoms with Gasteiger partial charge in [-0.3, -0.25) is 0 Å². The molecule has 36 heavy (non-hydrogen) atoms. The molecule has 2 aromatic rings. The number of hydrogen-bond acceptors (Lipinski definition) is 3. The molecule has 0 aromatic heterocycles. The SMILES string of the molecule is CCCCCCCCCCCCCCCCCCc1ccc(O)cc1.O=C(O)c1ccccc1O.[Ca+2].[H-].[H-]. The number of aromatic hydroxyl groups is 2. The zero-order valence-electron chi connectivity index (χ0n) is 24.6. The first-order valence-corrected chi connectivity index (χ1v) is 13.8. The summed E-state index contributed by atoms with van der Waals surface area (Å²) < 4.78 is 0. The number of hydrogen-bond donors (Lipinski definition) is 3. The minimum Gasteiger partial charge on any atom is -1.00 e. The minimum absolute atomic E-state index is 0. The Kier molecular flexibility index (Phi) is 23.3. The molecule has 0 spiro atoms. The van der Waals surface area contributed by atoms with Crippen molar-refractivity contribution in [2.45, 2.75) is 116 Å². The Balaban J connectivity index is -0.000000798. The molecule has 0 fully saturated rings. The van der Waals surface area contributed by atoms with Gasteiger partial charge in [0.15, 0.2) is 0 Å². The van der Waals surface area contributed by atoms with Gasteiger partial charge in [0, 0.05) is 0 Å². The molecule has 0 aliphatic rings. The maximum absolute atomic E-state index is 10.3. The Morgan fingerprint density at radius 1 is 0.639 bits per heavy atom. The largest absolute Gasteiger partial charge is 2.00 e. The molecule has 0 amide bonds. The van der Waals surface area contributed by atoms with E-state index in [-0.39, 0.29) is 51.9 Å². The number of phenols is 2. The number of para-hydroxylation sites is 1. The summed E-state index contributed by atoms with van der Waals surface area (Å²) >= 11 is 0. The Morgan fingerprint density at radius 2 is 1.06 bits per heavy atom. The molecule has 3 N–H and O–H groups in total. The minimum atomic E-state index is -1.11. The third-order valence-electron chi connectivity index (χ3n) is 6.39. The van der Waals surface area contributed by atoms with E-state index in [2.05, 4.69) is 6.92 Å². The van der Waals surface area contributed by atoms with Gasteiger partial charge < -0.3 is 18.2 Å². The van der Waals surface area contributed by atoms with Crippen LogP contribution in [0.4, 0.5) is 0 Å². The second-order valence-corrected chi connectivity index (χ2v) is 9.54.